The number of carbonyl (C=O) groups excluding carboxylic acids is 1. The summed E-state index contributed by atoms with van der Waals surface area (Å²) >= 11 is 12.8. The van der Waals surface area contributed by atoms with E-state index < -0.39 is 11.6 Å². The second-order valence-electron chi connectivity index (χ2n) is 9.22. The molecule has 0 unspecified atom stereocenters. The van der Waals surface area contributed by atoms with E-state index in [0.29, 0.717) is 53.2 Å². The highest BCUT2D eigenvalue weighted by Crippen LogP contribution is 2.49. The van der Waals surface area contributed by atoms with Crippen molar-refractivity contribution in [1.29, 1.82) is 0 Å². The normalized spacial score (nSPS) is 20.5. The van der Waals surface area contributed by atoms with E-state index in [4.69, 9.17) is 42.8 Å². The van der Waals surface area contributed by atoms with Gasteiger partial charge in [-0.3, -0.25) is 4.79 Å². The van der Waals surface area contributed by atoms with E-state index in [1.807, 2.05) is 59.5 Å². The SMILES string of the molecule is CCCN1C(=O)[C@]2(Cc3ccccc31)N=C(c1ccc(OCCCO)cc1)O[C@@H]2c1ccc(Cl)cc1Cl. The van der Waals surface area contributed by atoms with Crippen molar-refractivity contribution in [3.05, 3.63) is 93.5 Å². The van der Waals surface area contributed by atoms with E-state index in [-0.39, 0.29) is 12.5 Å². The number of hydrogen-bond acceptors (Lipinski definition) is 5. The van der Waals surface area contributed by atoms with Gasteiger partial charge in [0.2, 0.25) is 5.90 Å². The van der Waals surface area contributed by atoms with Gasteiger partial charge in [0, 0.05) is 52.9 Å². The standard InChI is InChI=1S/C29H28Cl2N2O4/c1-2-14-33-25-7-4-3-6-20(25)18-29(28(33)35)26(23-13-10-21(30)17-24(23)31)37-27(32-29)19-8-11-22(12-9-19)36-16-5-15-34/h3-4,6-13,17,26,34H,2,5,14-16,18H2,1H3/t26-,29-/m1/s1. The van der Waals surface area contributed by atoms with Crippen molar-refractivity contribution in [3.8, 4) is 5.75 Å². The molecule has 2 aliphatic rings. The highest BCUT2D eigenvalue weighted by molar-refractivity contribution is 6.35. The Morgan fingerprint density at radius 2 is 1.92 bits per heavy atom. The number of aliphatic hydroxyl groups is 1. The maximum atomic E-state index is 14.3. The highest BCUT2D eigenvalue weighted by Gasteiger charge is 2.57. The molecule has 0 saturated heterocycles. The second kappa shape index (κ2) is 10.7. The second-order valence-corrected chi connectivity index (χ2v) is 10.1. The highest BCUT2D eigenvalue weighted by atomic mass is 35.5. The van der Waals surface area contributed by atoms with Crippen LogP contribution in [-0.2, 0) is 16.0 Å². The van der Waals surface area contributed by atoms with Crippen LogP contribution in [0.5, 0.6) is 5.75 Å². The van der Waals surface area contributed by atoms with Crippen LogP contribution in [0.4, 0.5) is 5.69 Å². The molecule has 3 aromatic carbocycles. The Hall–Kier alpha value is -3.06. The minimum absolute atomic E-state index is 0.0751. The average molecular weight is 539 g/mol. The third-order valence-electron chi connectivity index (χ3n) is 6.69. The summed E-state index contributed by atoms with van der Waals surface area (Å²) in [5.74, 6) is 0.949. The lowest BCUT2D eigenvalue weighted by atomic mass is 9.78. The van der Waals surface area contributed by atoms with Crippen LogP contribution in [0, 0.1) is 0 Å². The lowest BCUT2D eigenvalue weighted by molar-refractivity contribution is -0.126. The molecule has 5 rings (SSSR count). The molecule has 0 aliphatic carbocycles. The summed E-state index contributed by atoms with van der Waals surface area (Å²) in [4.78, 5) is 21.1. The molecule has 2 atom stereocenters. The molecule has 6 nitrogen and oxygen atoms in total. The predicted molar refractivity (Wildman–Crippen MR) is 146 cm³/mol. The summed E-state index contributed by atoms with van der Waals surface area (Å²) in [5.41, 5.74) is 2.13. The zero-order chi connectivity index (χ0) is 26.0. The summed E-state index contributed by atoms with van der Waals surface area (Å²) in [7, 11) is 0. The van der Waals surface area contributed by atoms with E-state index in [1.165, 1.54) is 0 Å². The molecule has 0 fully saturated rings. The van der Waals surface area contributed by atoms with Gasteiger partial charge in [-0.25, -0.2) is 4.99 Å². The van der Waals surface area contributed by atoms with Gasteiger partial charge in [-0.2, -0.15) is 0 Å². The van der Waals surface area contributed by atoms with Crippen molar-refractivity contribution >= 4 is 40.7 Å². The molecule has 2 aliphatic heterocycles. The van der Waals surface area contributed by atoms with E-state index in [0.717, 1.165) is 23.2 Å². The smallest absolute Gasteiger partial charge is 0.259 e. The fraction of sp³-hybridized carbons (Fsp3) is 0.310. The van der Waals surface area contributed by atoms with Crippen LogP contribution >= 0.6 is 23.2 Å². The number of ether oxygens (including phenoxy) is 2. The predicted octanol–water partition coefficient (Wildman–Crippen LogP) is 6.01. The van der Waals surface area contributed by atoms with Crippen LogP contribution < -0.4 is 9.64 Å². The molecule has 37 heavy (non-hydrogen) atoms. The van der Waals surface area contributed by atoms with Gasteiger partial charge in [0.05, 0.1) is 6.61 Å². The third kappa shape index (κ3) is 4.81. The number of para-hydroxylation sites is 1. The monoisotopic (exact) mass is 538 g/mol. The maximum Gasteiger partial charge on any atom is 0.259 e. The molecule has 2 heterocycles. The Morgan fingerprint density at radius 3 is 2.65 bits per heavy atom. The maximum absolute atomic E-state index is 14.3. The number of fused-ring (bicyclic) bond motifs is 1. The van der Waals surface area contributed by atoms with Gasteiger partial charge in [-0.15, -0.1) is 0 Å². The summed E-state index contributed by atoms with van der Waals surface area (Å²) in [5, 5.41) is 9.91. The molecule has 0 bridgehead atoms. The van der Waals surface area contributed by atoms with E-state index in [2.05, 4.69) is 6.92 Å². The van der Waals surface area contributed by atoms with Crippen LogP contribution in [0.25, 0.3) is 0 Å². The summed E-state index contributed by atoms with van der Waals surface area (Å²) in [6.07, 6.45) is 1.02. The lowest BCUT2D eigenvalue weighted by Gasteiger charge is -2.41. The fourth-order valence-electron chi connectivity index (χ4n) is 4.96. The van der Waals surface area contributed by atoms with Crippen molar-refractivity contribution in [1.82, 2.24) is 0 Å². The van der Waals surface area contributed by atoms with Gasteiger partial charge in [-0.05, 0) is 54.4 Å². The summed E-state index contributed by atoms with van der Waals surface area (Å²) in [6, 6.07) is 20.6. The lowest BCUT2D eigenvalue weighted by Crippen LogP contribution is -2.55. The Bertz CT molecular complexity index is 1330. The van der Waals surface area contributed by atoms with Crippen molar-refractivity contribution in [2.24, 2.45) is 4.99 Å². The number of nitrogens with zero attached hydrogens (tertiary/aromatic N) is 2. The van der Waals surface area contributed by atoms with Crippen molar-refractivity contribution in [2.45, 2.75) is 37.8 Å². The Balaban J connectivity index is 1.59. The van der Waals surface area contributed by atoms with Gasteiger partial charge < -0.3 is 19.5 Å². The van der Waals surface area contributed by atoms with Crippen LogP contribution in [-0.4, -0.2) is 42.2 Å². The Kier molecular flexibility index (Phi) is 7.43. The molecule has 0 saturated carbocycles. The first-order valence-electron chi connectivity index (χ1n) is 12.4. The first kappa shape index (κ1) is 25.6. The van der Waals surface area contributed by atoms with E-state index >= 15 is 0 Å². The zero-order valence-electron chi connectivity index (χ0n) is 20.5. The number of rotatable bonds is 8. The number of aliphatic imine (C=N–C) groups is 1. The molecule has 8 heteroatoms. The molecule has 192 valence electrons. The van der Waals surface area contributed by atoms with Crippen LogP contribution in [0.3, 0.4) is 0 Å². The van der Waals surface area contributed by atoms with Crippen molar-refractivity contribution < 1.29 is 19.4 Å². The molecule has 0 aromatic heterocycles. The van der Waals surface area contributed by atoms with Gasteiger partial charge in [0.1, 0.15) is 5.75 Å². The molecule has 1 N–H and O–H groups in total. The van der Waals surface area contributed by atoms with Crippen molar-refractivity contribution in [2.75, 3.05) is 24.7 Å². The van der Waals surface area contributed by atoms with E-state index in [9.17, 15) is 4.79 Å². The topological polar surface area (TPSA) is 71.4 Å². The quantitative estimate of drug-likeness (QED) is 0.356. The van der Waals surface area contributed by atoms with Gasteiger partial charge in [0.15, 0.2) is 11.6 Å². The van der Waals surface area contributed by atoms with Gasteiger partial charge in [0.25, 0.3) is 5.91 Å². The number of anilines is 1. The molecule has 1 amide bonds. The van der Waals surface area contributed by atoms with Gasteiger partial charge in [-0.1, -0.05) is 54.4 Å². The Labute approximate surface area is 226 Å². The number of hydrogen-bond donors (Lipinski definition) is 1. The molecule has 3 aromatic rings. The first-order chi connectivity index (χ1) is 18.0. The molecular formula is C29H28Cl2N2O4. The minimum atomic E-state index is -1.22. The minimum Gasteiger partial charge on any atom is -0.494 e. The third-order valence-corrected chi connectivity index (χ3v) is 7.25. The molecule has 0 radical (unpaired) electrons. The fourth-order valence-corrected chi connectivity index (χ4v) is 5.47. The molecule has 1 spiro atoms. The average Bonchev–Trinajstić information content (AvgIpc) is 3.27. The van der Waals surface area contributed by atoms with Crippen LogP contribution in [0.2, 0.25) is 10.0 Å². The van der Waals surface area contributed by atoms with E-state index in [1.54, 1.807) is 12.1 Å². The zero-order valence-corrected chi connectivity index (χ0v) is 22.0. The first-order valence-corrected chi connectivity index (χ1v) is 13.2. The van der Waals surface area contributed by atoms with Crippen molar-refractivity contribution in [3.63, 3.8) is 0 Å². The van der Waals surface area contributed by atoms with Gasteiger partial charge >= 0.3 is 0 Å². The summed E-state index contributed by atoms with van der Waals surface area (Å²) in [6.45, 7) is 3.12. The summed E-state index contributed by atoms with van der Waals surface area (Å²) < 4.78 is 12.2. The largest absolute Gasteiger partial charge is 0.494 e. The molecular weight excluding hydrogens is 511 g/mol. The Morgan fingerprint density at radius 1 is 1.14 bits per heavy atom. The number of aliphatic hydroxyl groups excluding tert-OH is 1. The van der Waals surface area contributed by atoms with Crippen LogP contribution in [0.1, 0.15) is 42.6 Å². The van der Waals surface area contributed by atoms with Crippen LogP contribution in [0.15, 0.2) is 71.7 Å². The number of benzene rings is 3. The number of amides is 1. The number of carbonyl (C=O) groups is 1. The number of halogens is 2.